The van der Waals surface area contributed by atoms with E-state index in [1.165, 1.54) is 6.26 Å². The van der Waals surface area contributed by atoms with E-state index in [4.69, 9.17) is 4.42 Å². The molecule has 0 aliphatic heterocycles. The van der Waals surface area contributed by atoms with E-state index in [9.17, 15) is 9.59 Å². The largest absolute Gasteiger partial charge is 0.459 e. The van der Waals surface area contributed by atoms with E-state index in [1.54, 1.807) is 12.1 Å². The number of nitrogens with one attached hydrogen (secondary N) is 2. The van der Waals surface area contributed by atoms with E-state index in [-0.39, 0.29) is 18.4 Å². The molecule has 1 aliphatic carbocycles. The lowest BCUT2D eigenvalue weighted by atomic mass is 10.3. The summed E-state index contributed by atoms with van der Waals surface area (Å²) in [5.74, 6) is 0.957. The van der Waals surface area contributed by atoms with Crippen LogP contribution in [0.3, 0.4) is 0 Å². The normalized spacial score (nSPS) is 13.6. The van der Waals surface area contributed by atoms with Crippen molar-refractivity contribution < 1.29 is 14.0 Å². The Morgan fingerprint density at radius 3 is 2.81 bits per heavy atom. The molecule has 3 aromatic rings. The molecule has 7 heteroatoms. The number of rotatable bonds is 8. The van der Waals surface area contributed by atoms with Crippen molar-refractivity contribution in [2.75, 3.05) is 6.54 Å². The summed E-state index contributed by atoms with van der Waals surface area (Å²) in [7, 11) is 0. The molecule has 27 heavy (non-hydrogen) atoms. The Labute approximate surface area is 156 Å². The maximum Gasteiger partial charge on any atom is 0.286 e. The Kier molecular flexibility index (Phi) is 4.91. The summed E-state index contributed by atoms with van der Waals surface area (Å²) in [6.07, 6.45) is 5.01. The van der Waals surface area contributed by atoms with Crippen molar-refractivity contribution in [3.05, 3.63) is 54.2 Å². The van der Waals surface area contributed by atoms with E-state index >= 15 is 0 Å². The second kappa shape index (κ2) is 7.65. The molecular weight excluding hydrogens is 344 g/mol. The van der Waals surface area contributed by atoms with Gasteiger partial charge in [-0.25, -0.2) is 4.98 Å². The first kappa shape index (κ1) is 17.3. The fourth-order valence-corrected chi connectivity index (χ4v) is 3.08. The van der Waals surface area contributed by atoms with Crippen molar-refractivity contribution in [2.24, 2.45) is 0 Å². The van der Waals surface area contributed by atoms with Gasteiger partial charge in [-0.2, -0.15) is 0 Å². The number of benzene rings is 1. The number of imidazole rings is 1. The lowest BCUT2D eigenvalue weighted by molar-refractivity contribution is -0.121. The highest BCUT2D eigenvalue weighted by molar-refractivity contribution is 5.91. The molecule has 0 radical (unpaired) electrons. The minimum Gasteiger partial charge on any atom is -0.459 e. The average molecular weight is 366 g/mol. The third-order valence-electron chi connectivity index (χ3n) is 4.59. The molecule has 0 spiro atoms. The molecule has 1 fully saturated rings. The number of hydrogen-bond donors (Lipinski definition) is 2. The van der Waals surface area contributed by atoms with Crippen LogP contribution in [0.4, 0.5) is 0 Å². The topological polar surface area (TPSA) is 89.2 Å². The van der Waals surface area contributed by atoms with Gasteiger partial charge in [0.05, 0.1) is 17.3 Å². The Morgan fingerprint density at radius 1 is 1.19 bits per heavy atom. The summed E-state index contributed by atoms with van der Waals surface area (Å²) in [5, 5.41) is 5.86. The third kappa shape index (κ3) is 4.19. The van der Waals surface area contributed by atoms with Gasteiger partial charge in [-0.05, 0) is 43.5 Å². The maximum atomic E-state index is 12.3. The maximum absolute atomic E-state index is 12.3. The Hall–Kier alpha value is -3.09. The van der Waals surface area contributed by atoms with Gasteiger partial charge in [-0.1, -0.05) is 12.1 Å². The quantitative estimate of drug-likeness (QED) is 0.599. The minimum atomic E-state index is -0.225. The molecule has 4 rings (SSSR count). The summed E-state index contributed by atoms with van der Waals surface area (Å²) in [6.45, 7) is 0.780. The van der Waals surface area contributed by atoms with Crippen LogP contribution < -0.4 is 10.6 Å². The SMILES string of the molecule is O=C(Cn1c(CCCNC(=O)c2ccco2)nc2ccccc21)NC1CC1. The highest BCUT2D eigenvalue weighted by Crippen LogP contribution is 2.20. The number of hydrogen-bond acceptors (Lipinski definition) is 4. The number of fused-ring (bicyclic) bond motifs is 1. The number of aromatic nitrogens is 2. The van der Waals surface area contributed by atoms with Gasteiger partial charge in [0.2, 0.25) is 5.91 Å². The van der Waals surface area contributed by atoms with E-state index in [1.807, 2.05) is 28.8 Å². The first-order valence-electron chi connectivity index (χ1n) is 9.26. The van der Waals surface area contributed by atoms with Gasteiger partial charge in [0, 0.05) is 19.0 Å². The van der Waals surface area contributed by atoms with E-state index < -0.39 is 0 Å². The van der Waals surface area contributed by atoms with Crippen LogP contribution in [-0.2, 0) is 17.8 Å². The average Bonchev–Trinajstić information content (AvgIpc) is 3.19. The molecule has 7 nitrogen and oxygen atoms in total. The van der Waals surface area contributed by atoms with Crippen molar-refractivity contribution >= 4 is 22.8 Å². The number of carbonyl (C=O) groups excluding carboxylic acids is 2. The molecular formula is C20H22N4O3. The van der Waals surface area contributed by atoms with Crippen LogP contribution in [0.5, 0.6) is 0 Å². The summed E-state index contributed by atoms with van der Waals surface area (Å²) in [4.78, 5) is 28.9. The van der Waals surface area contributed by atoms with Crippen LogP contribution in [0.25, 0.3) is 11.0 Å². The predicted octanol–water partition coefficient (Wildman–Crippen LogP) is 2.27. The first-order chi connectivity index (χ1) is 13.2. The van der Waals surface area contributed by atoms with Gasteiger partial charge < -0.3 is 19.6 Å². The lowest BCUT2D eigenvalue weighted by Crippen LogP contribution is -2.30. The van der Waals surface area contributed by atoms with E-state index in [2.05, 4.69) is 15.6 Å². The number of para-hydroxylation sites is 2. The van der Waals surface area contributed by atoms with Crippen LogP contribution >= 0.6 is 0 Å². The van der Waals surface area contributed by atoms with Crippen molar-refractivity contribution in [1.29, 1.82) is 0 Å². The molecule has 0 atom stereocenters. The molecule has 1 saturated carbocycles. The number of amides is 2. The monoisotopic (exact) mass is 366 g/mol. The van der Waals surface area contributed by atoms with Crippen molar-refractivity contribution in [3.63, 3.8) is 0 Å². The smallest absolute Gasteiger partial charge is 0.286 e. The molecule has 140 valence electrons. The Balaban J connectivity index is 1.40. The summed E-state index contributed by atoms with van der Waals surface area (Å²) in [6, 6.07) is 11.5. The van der Waals surface area contributed by atoms with Gasteiger partial charge in [-0.15, -0.1) is 0 Å². The zero-order chi connectivity index (χ0) is 18.6. The second-order valence-electron chi connectivity index (χ2n) is 6.78. The fourth-order valence-electron chi connectivity index (χ4n) is 3.08. The van der Waals surface area contributed by atoms with Crippen LogP contribution in [0, 0.1) is 0 Å². The highest BCUT2D eigenvalue weighted by Gasteiger charge is 2.24. The van der Waals surface area contributed by atoms with Crippen molar-refractivity contribution in [3.8, 4) is 0 Å². The standard InChI is InChI=1S/C20H22N4O3/c25-19(22-14-9-10-14)13-24-16-6-2-1-5-15(16)23-18(24)8-3-11-21-20(26)17-7-4-12-27-17/h1-2,4-7,12,14H,3,8-11,13H2,(H,21,26)(H,22,25). The molecule has 0 saturated heterocycles. The van der Waals surface area contributed by atoms with Gasteiger partial charge in [-0.3, -0.25) is 9.59 Å². The van der Waals surface area contributed by atoms with Crippen molar-refractivity contribution in [1.82, 2.24) is 20.2 Å². The van der Waals surface area contributed by atoms with Gasteiger partial charge in [0.25, 0.3) is 5.91 Å². The van der Waals surface area contributed by atoms with E-state index in [0.717, 1.165) is 36.1 Å². The van der Waals surface area contributed by atoms with Gasteiger partial charge >= 0.3 is 0 Å². The summed E-state index contributed by atoms with van der Waals surface area (Å²) in [5.41, 5.74) is 1.84. The summed E-state index contributed by atoms with van der Waals surface area (Å²) < 4.78 is 7.05. The van der Waals surface area contributed by atoms with Crippen LogP contribution in [0.2, 0.25) is 0 Å². The lowest BCUT2D eigenvalue weighted by Gasteiger charge is -2.10. The fraction of sp³-hybridized carbons (Fsp3) is 0.350. The van der Waals surface area contributed by atoms with Crippen LogP contribution in [0.1, 0.15) is 35.6 Å². The minimum absolute atomic E-state index is 0.0213. The molecule has 2 heterocycles. The highest BCUT2D eigenvalue weighted by atomic mass is 16.3. The van der Waals surface area contributed by atoms with Gasteiger partial charge in [0.1, 0.15) is 12.4 Å². The molecule has 0 bridgehead atoms. The van der Waals surface area contributed by atoms with Crippen LogP contribution in [-0.4, -0.2) is 34.0 Å². The molecule has 2 aromatic heterocycles. The number of carbonyl (C=O) groups is 2. The molecule has 0 unspecified atom stereocenters. The second-order valence-corrected chi connectivity index (χ2v) is 6.78. The molecule has 1 aromatic carbocycles. The third-order valence-corrected chi connectivity index (χ3v) is 4.59. The molecule has 1 aliphatic rings. The van der Waals surface area contributed by atoms with Crippen LogP contribution in [0.15, 0.2) is 47.1 Å². The summed E-state index contributed by atoms with van der Waals surface area (Å²) >= 11 is 0. The molecule has 2 N–H and O–H groups in total. The zero-order valence-electron chi connectivity index (χ0n) is 15.0. The zero-order valence-corrected chi connectivity index (χ0v) is 15.0. The number of nitrogens with zero attached hydrogens (tertiary/aromatic N) is 2. The first-order valence-corrected chi connectivity index (χ1v) is 9.26. The molecule has 2 amide bonds. The predicted molar refractivity (Wildman–Crippen MR) is 100 cm³/mol. The number of furan rings is 1. The number of aryl methyl sites for hydroxylation is 1. The Bertz CT molecular complexity index is 941. The van der Waals surface area contributed by atoms with Gasteiger partial charge in [0.15, 0.2) is 5.76 Å². The van der Waals surface area contributed by atoms with E-state index in [0.29, 0.717) is 24.8 Å². The van der Waals surface area contributed by atoms with Crippen molar-refractivity contribution in [2.45, 2.75) is 38.3 Å². The Morgan fingerprint density at radius 2 is 2.04 bits per heavy atom.